The summed E-state index contributed by atoms with van der Waals surface area (Å²) in [5.41, 5.74) is 6.85. The molecular formula is C31H24ClN5O2. The largest absolute Gasteiger partial charge is 0.277 e. The molecule has 5 aromatic carbocycles. The van der Waals surface area contributed by atoms with Crippen molar-refractivity contribution < 1.29 is 4.92 Å². The van der Waals surface area contributed by atoms with Crippen LogP contribution in [0.3, 0.4) is 0 Å². The van der Waals surface area contributed by atoms with Crippen LogP contribution in [0.1, 0.15) is 30.5 Å². The predicted molar refractivity (Wildman–Crippen MR) is 158 cm³/mol. The maximum absolute atomic E-state index is 11.0. The van der Waals surface area contributed by atoms with Gasteiger partial charge in [0.1, 0.15) is 5.84 Å². The second-order valence-corrected chi connectivity index (χ2v) is 9.86. The van der Waals surface area contributed by atoms with Crippen molar-refractivity contribution in [1.82, 2.24) is 5.01 Å². The first-order valence-electron chi connectivity index (χ1n) is 12.6. The first-order valence-corrected chi connectivity index (χ1v) is 12.9. The molecule has 0 fully saturated rings. The molecule has 8 heteroatoms. The SMILES string of the molecule is C/C(=N/Nc1ccc([N+](=O)[O-])cc1)N1N=C(c2ccc(Cl)cc2)CC1c1c2ccccc2cc2ccccc12. The van der Waals surface area contributed by atoms with Crippen LogP contribution in [0.15, 0.2) is 113 Å². The highest BCUT2D eigenvalue weighted by Crippen LogP contribution is 2.41. The minimum Gasteiger partial charge on any atom is -0.277 e. The Balaban J connectivity index is 1.44. The molecule has 39 heavy (non-hydrogen) atoms. The average Bonchev–Trinajstić information content (AvgIpc) is 3.40. The zero-order valence-corrected chi connectivity index (χ0v) is 21.8. The van der Waals surface area contributed by atoms with E-state index in [2.05, 4.69) is 65.1 Å². The summed E-state index contributed by atoms with van der Waals surface area (Å²) in [6.07, 6.45) is 0.685. The molecule has 7 nitrogen and oxygen atoms in total. The topological polar surface area (TPSA) is 83.1 Å². The van der Waals surface area contributed by atoms with E-state index in [1.54, 1.807) is 12.1 Å². The van der Waals surface area contributed by atoms with Gasteiger partial charge >= 0.3 is 0 Å². The van der Waals surface area contributed by atoms with E-state index >= 15 is 0 Å². The highest BCUT2D eigenvalue weighted by atomic mass is 35.5. The number of benzene rings is 5. The van der Waals surface area contributed by atoms with E-state index in [9.17, 15) is 10.1 Å². The van der Waals surface area contributed by atoms with Gasteiger partial charge in [0.25, 0.3) is 5.69 Å². The monoisotopic (exact) mass is 533 g/mol. The third-order valence-corrected chi connectivity index (χ3v) is 7.24. The zero-order chi connectivity index (χ0) is 26.9. The van der Waals surface area contributed by atoms with Gasteiger partial charge in [0.2, 0.25) is 0 Å². The first-order chi connectivity index (χ1) is 19.0. The Morgan fingerprint density at radius 1 is 0.949 bits per heavy atom. The summed E-state index contributed by atoms with van der Waals surface area (Å²) in [4.78, 5) is 10.6. The Hall–Kier alpha value is -4.75. The van der Waals surface area contributed by atoms with E-state index in [0.29, 0.717) is 23.0 Å². The van der Waals surface area contributed by atoms with Crippen LogP contribution >= 0.6 is 11.6 Å². The molecule has 1 N–H and O–H groups in total. The van der Waals surface area contributed by atoms with Crippen LogP contribution in [-0.2, 0) is 0 Å². The summed E-state index contributed by atoms with van der Waals surface area (Å²) < 4.78 is 0. The number of anilines is 1. The predicted octanol–water partition coefficient (Wildman–Crippen LogP) is 8.15. The number of fused-ring (bicyclic) bond motifs is 2. The van der Waals surface area contributed by atoms with Crippen molar-refractivity contribution in [1.29, 1.82) is 0 Å². The lowest BCUT2D eigenvalue weighted by molar-refractivity contribution is -0.384. The van der Waals surface area contributed by atoms with Crippen molar-refractivity contribution in [2.45, 2.75) is 19.4 Å². The van der Waals surface area contributed by atoms with E-state index in [-0.39, 0.29) is 11.7 Å². The van der Waals surface area contributed by atoms with Crippen LogP contribution in [0.4, 0.5) is 11.4 Å². The van der Waals surface area contributed by atoms with Gasteiger partial charge in [-0.05, 0) is 69.9 Å². The first kappa shape index (κ1) is 24.6. The van der Waals surface area contributed by atoms with Gasteiger partial charge in [0.15, 0.2) is 0 Å². The summed E-state index contributed by atoms with van der Waals surface area (Å²) in [5, 5.41) is 28.0. The second kappa shape index (κ2) is 10.2. The molecule has 5 aromatic rings. The smallest absolute Gasteiger partial charge is 0.269 e. The van der Waals surface area contributed by atoms with Crippen LogP contribution in [-0.4, -0.2) is 21.5 Å². The van der Waals surface area contributed by atoms with Gasteiger partial charge in [-0.25, -0.2) is 5.01 Å². The van der Waals surface area contributed by atoms with Crippen molar-refractivity contribution in [3.63, 3.8) is 0 Å². The summed E-state index contributed by atoms with van der Waals surface area (Å²) in [6.45, 7) is 1.91. The Bertz CT molecular complexity index is 1710. The number of rotatable bonds is 5. The molecule has 0 bridgehead atoms. The van der Waals surface area contributed by atoms with Crippen LogP contribution in [0.25, 0.3) is 21.5 Å². The van der Waals surface area contributed by atoms with E-state index in [1.165, 1.54) is 39.2 Å². The molecule has 0 radical (unpaired) electrons. The van der Waals surface area contributed by atoms with Crippen LogP contribution < -0.4 is 5.43 Å². The van der Waals surface area contributed by atoms with Crippen molar-refractivity contribution in [2.24, 2.45) is 10.2 Å². The Kier molecular flexibility index (Phi) is 6.42. The van der Waals surface area contributed by atoms with E-state index in [0.717, 1.165) is 11.3 Å². The number of non-ortho nitro benzene ring substituents is 1. The van der Waals surface area contributed by atoms with Crippen molar-refractivity contribution >= 4 is 56.1 Å². The third-order valence-electron chi connectivity index (χ3n) is 6.99. The quantitative estimate of drug-likeness (QED) is 0.0812. The number of nitro benzene ring substituents is 1. The molecule has 6 rings (SSSR count). The number of hydrazone groups is 2. The van der Waals surface area contributed by atoms with Gasteiger partial charge in [-0.2, -0.15) is 10.2 Å². The molecule has 192 valence electrons. The molecule has 0 aliphatic carbocycles. The van der Waals surface area contributed by atoms with Crippen LogP contribution in [0.5, 0.6) is 0 Å². The van der Waals surface area contributed by atoms with Crippen molar-refractivity contribution in [3.8, 4) is 0 Å². The lowest BCUT2D eigenvalue weighted by Gasteiger charge is -2.26. The Morgan fingerprint density at radius 3 is 2.18 bits per heavy atom. The summed E-state index contributed by atoms with van der Waals surface area (Å²) >= 11 is 6.16. The fourth-order valence-corrected chi connectivity index (χ4v) is 5.24. The maximum atomic E-state index is 11.0. The zero-order valence-electron chi connectivity index (χ0n) is 21.1. The van der Waals surface area contributed by atoms with Crippen molar-refractivity contribution in [2.75, 3.05) is 5.43 Å². The number of nitrogens with zero attached hydrogens (tertiary/aromatic N) is 4. The Morgan fingerprint density at radius 2 is 1.56 bits per heavy atom. The minimum absolute atomic E-state index is 0.0286. The highest BCUT2D eigenvalue weighted by molar-refractivity contribution is 6.30. The van der Waals surface area contributed by atoms with E-state index in [4.69, 9.17) is 16.7 Å². The number of halogens is 1. The van der Waals surface area contributed by atoms with Gasteiger partial charge < -0.3 is 0 Å². The van der Waals surface area contributed by atoms with Gasteiger partial charge in [0, 0.05) is 23.6 Å². The molecule has 0 aromatic heterocycles. The number of nitrogens with one attached hydrogen (secondary N) is 1. The van der Waals surface area contributed by atoms with Gasteiger partial charge in [0.05, 0.1) is 22.4 Å². The lowest BCUT2D eigenvalue weighted by Crippen LogP contribution is -2.26. The summed E-state index contributed by atoms with van der Waals surface area (Å²) in [7, 11) is 0. The fraction of sp³-hybridized carbons (Fsp3) is 0.0968. The summed E-state index contributed by atoms with van der Waals surface area (Å²) in [5.74, 6) is 0.666. The van der Waals surface area contributed by atoms with Gasteiger partial charge in [-0.3, -0.25) is 15.5 Å². The summed E-state index contributed by atoms with van der Waals surface area (Å²) in [6, 6.07) is 32.9. The molecule has 0 saturated heterocycles. The van der Waals surface area contributed by atoms with E-state index in [1.807, 2.05) is 36.2 Å². The average molecular weight is 534 g/mol. The Labute approximate surface area is 230 Å². The molecular weight excluding hydrogens is 510 g/mol. The van der Waals surface area contributed by atoms with Crippen molar-refractivity contribution in [3.05, 3.63) is 129 Å². The van der Waals surface area contributed by atoms with Gasteiger partial charge in [-0.15, -0.1) is 0 Å². The second-order valence-electron chi connectivity index (χ2n) is 9.43. The molecule has 1 heterocycles. The normalized spacial score (nSPS) is 15.5. The highest BCUT2D eigenvalue weighted by Gasteiger charge is 2.33. The standard InChI is InChI=1S/C31H24ClN5O2/c1-20(33-34-25-14-16-26(17-15-25)37(38)39)36-30(19-29(35-36)21-10-12-24(32)13-11-21)31-27-8-4-2-6-22(27)18-23-7-3-5-9-28(23)31/h2-18,30,34H,19H2,1H3/b33-20-. The third kappa shape index (κ3) is 4.80. The minimum atomic E-state index is -0.422. The van der Waals surface area contributed by atoms with E-state index < -0.39 is 4.92 Å². The number of amidine groups is 1. The molecule has 0 saturated carbocycles. The van der Waals surface area contributed by atoms with Gasteiger partial charge in [-0.1, -0.05) is 72.3 Å². The number of hydrogen-bond donors (Lipinski definition) is 1. The van der Waals surface area contributed by atoms with Crippen LogP contribution in [0.2, 0.25) is 5.02 Å². The molecule has 1 aliphatic heterocycles. The molecule has 1 aliphatic rings. The maximum Gasteiger partial charge on any atom is 0.269 e. The number of nitro groups is 1. The molecule has 1 unspecified atom stereocenters. The molecule has 0 spiro atoms. The lowest BCUT2D eigenvalue weighted by atomic mass is 9.89. The molecule has 1 atom stereocenters. The number of hydrogen-bond acceptors (Lipinski definition) is 5. The molecule has 0 amide bonds. The fourth-order valence-electron chi connectivity index (χ4n) is 5.11. The van der Waals surface area contributed by atoms with Crippen LogP contribution in [0, 0.1) is 10.1 Å².